The Morgan fingerprint density at radius 3 is 3.25 bits per heavy atom. The van der Waals surface area contributed by atoms with Gasteiger partial charge in [0.1, 0.15) is 5.76 Å². The van der Waals surface area contributed by atoms with Crippen molar-refractivity contribution in [3.63, 3.8) is 0 Å². The fraction of sp³-hybridized carbons (Fsp3) is 0.417. The molecule has 1 aliphatic heterocycles. The summed E-state index contributed by atoms with van der Waals surface area (Å²) in [5, 5.41) is 3.30. The molecule has 2 rings (SSSR count). The molecular formula is C12H16N2O2. The molecule has 4 nitrogen and oxygen atoms in total. The molecule has 0 aromatic carbocycles. The molecule has 2 heterocycles. The molecule has 1 aromatic heterocycles. The number of amides is 1. The summed E-state index contributed by atoms with van der Waals surface area (Å²) >= 11 is 0. The number of hydrogen-bond donors (Lipinski definition) is 1. The van der Waals surface area contributed by atoms with Gasteiger partial charge in [0, 0.05) is 31.8 Å². The van der Waals surface area contributed by atoms with E-state index in [4.69, 9.17) is 4.42 Å². The van der Waals surface area contributed by atoms with Gasteiger partial charge in [0.2, 0.25) is 5.91 Å². The Morgan fingerprint density at radius 1 is 1.69 bits per heavy atom. The lowest BCUT2D eigenvalue weighted by molar-refractivity contribution is -0.127. The smallest absolute Gasteiger partial charge is 0.246 e. The van der Waals surface area contributed by atoms with Crippen LogP contribution in [0.5, 0.6) is 0 Å². The summed E-state index contributed by atoms with van der Waals surface area (Å²) in [4.78, 5) is 13.7. The lowest BCUT2D eigenvalue weighted by atomic mass is 10.2. The number of carbonyl (C=O) groups is 1. The van der Waals surface area contributed by atoms with E-state index in [0.29, 0.717) is 11.8 Å². The van der Waals surface area contributed by atoms with Gasteiger partial charge in [-0.25, -0.2) is 0 Å². The summed E-state index contributed by atoms with van der Waals surface area (Å²) in [5.74, 6) is 0.751. The molecular weight excluding hydrogens is 204 g/mol. The first kappa shape index (κ1) is 11.0. The van der Waals surface area contributed by atoms with Crippen molar-refractivity contribution < 1.29 is 9.21 Å². The molecule has 0 radical (unpaired) electrons. The minimum Gasteiger partial charge on any atom is -0.465 e. The Labute approximate surface area is 94.9 Å². The van der Waals surface area contributed by atoms with E-state index in [1.165, 1.54) is 0 Å². The quantitative estimate of drug-likeness (QED) is 0.759. The molecule has 4 heteroatoms. The second kappa shape index (κ2) is 4.99. The van der Waals surface area contributed by atoms with Crippen molar-refractivity contribution in [2.45, 2.75) is 13.0 Å². The van der Waals surface area contributed by atoms with Crippen LogP contribution in [0.1, 0.15) is 12.7 Å². The average molecular weight is 220 g/mol. The molecule has 1 amide bonds. The van der Waals surface area contributed by atoms with Crippen LogP contribution in [0.25, 0.3) is 6.08 Å². The van der Waals surface area contributed by atoms with Crippen molar-refractivity contribution in [3.8, 4) is 0 Å². The predicted molar refractivity (Wildman–Crippen MR) is 61.8 cm³/mol. The van der Waals surface area contributed by atoms with Gasteiger partial charge >= 0.3 is 0 Å². The fourth-order valence-electron chi connectivity index (χ4n) is 1.78. The molecule has 0 aliphatic carbocycles. The second-order valence-electron chi connectivity index (χ2n) is 3.99. The Balaban J connectivity index is 1.92. The maximum absolute atomic E-state index is 11.8. The van der Waals surface area contributed by atoms with Gasteiger partial charge in [0.15, 0.2) is 0 Å². The van der Waals surface area contributed by atoms with Gasteiger partial charge in [-0.05, 0) is 25.1 Å². The molecule has 16 heavy (non-hydrogen) atoms. The number of nitrogens with zero attached hydrogens (tertiary/aromatic N) is 1. The van der Waals surface area contributed by atoms with E-state index in [2.05, 4.69) is 12.2 Å². The lowest BCUT2D eigenvalue weighted by Crippen LogP contribution is -2.50. The van der Waals surface area contributed by atoms with Crippen molar-refractivity contribution in [3.05, 3.63) is 30.2 Å². The van der Waals surface area contributed by atoms with E-state index in [9.17, 15) is 4.79 Å². The summed E-state index contributed by atoms with van der Waals surface area (Å²) in [6.45, 7) is 4.48. The van der Waals surface area contributed by atoms with Crippen LogP contribution in [-0.4, -0.2) is 36.5 Å². The van der Waals surface area contributed by atoms with Crippen LogP contribution in [-0.2, 0) is 4.79 Å². The largest absolute Gasteiger partial charge is 0.465 e. The van der Waals surface area contributed by atoms with Gasteiger partial charge in [0.25, 0.3) is 0 Å². The number of piperazine rings is 1. The standard InChI is InChI=1S/C12H16N2O2/c1-10-9-14(7-6-13-10)12(15)5-4-11-3-2-8-16-11/h2-5,8,10,13H,6-7,9H2,1H3/b5-4+/t10-/m1/s1. The number of carbonyl (C=O) groups excluding carboxylic acids is 1. The average Bonchev–Trinajstić information content (AvgIpc) is 2.78. The van der Waals surface area contributed by atoms with E-state index in [0.717, 1.165) is 19.6 Å². The molecule has 0 unspecified atom stereocenters. The number of nitrogens with one attached hydrogen (secondary N) is 1. The van der Waals surface area contributed by atoms with Crippen LogP contribution in [0.4, 0.5) is 0 Å². The van der Waals surface area contributed by atoms with Crippen molar-refractivity contribution in [2.75, 3.05) is 19.6 Å². The molecule has 0 bridgehead atoms. The first-order valence-corrected chi connectivity index (χ1v) is 5.49. The van der Waals surface area contributed by atoms with E-state index in [1.807, 2.05) is 11.0 Å². The molecule has 1 saturated heterocycles. The summed E-state index contributed by atoms with van der Waals surface area (Å²) in [6, 6.07) is 4.00. The maximum Gasteiger partial charge on any atom is 0.246 e. The Bertz CT molecular complexity index is 370. The summed E-state index contributed by atoms with van der Waals surface area (Å²) < 4.78 is 5.12. The molecule has 1 fully saturated rings. The van der Waals surface area contributed by atoms with Crippen LogP contribution >= 0.6 is 0 Å². The van der Waals surface area contributed by atoms with Crippen LogP contribution < -0.4 is 5.32 Å². The van der Waals surface area contributed by atoms with E-state index < -0.39 is 0 Å². The Hall–Kier alpha value is -1.55. The van der Waals surface area contributed by atoms with Gasteiger partial charge in [-0.3, -0.25) is 4.79 Å². The van der Waals surface area contributed by atoms with Crippen LogP contribution in [0.3, 0.4) is 0 Å². The SMILES string of the molecule is C[C@@H]1CN(C(=O)/C=C/c2ccco2)CCN1. The molecule has 0 spiro atoms. The zero-order valence-electron chi connectivity index (χ0n) is 9.35. The first-order chi connectivity index (χ1) is 7.75. The van der Waals surface area contributed by atoms with Crippen molar-refractivity contribution >= 4 is 12.0 Å². The van der Waals surface area contributed by atoms with Crippen molar-refractivity contribution in [2.24, 2.45) is 0 Å². The Kier molecular flexibility index (Phi) is 3.41. The zero-order chi connectivity index (χ0) is 11.4. The summed E-state index contributed by atoms with van der Waals surface area (Å²) in [5.41, 5.74) is 0. The number of hydrogen-bond acceptors (Lipinski definition) is 3. The third kappa shape index (κ3) is 2.73. The highest BCUT2D eigenvalue weighted by Crippen LogP contribution is 2.04. The molecule has 86 valence electrons. The van der Waals surface area contributed by atoms with Gasteiger partial charge in [-0.15, -0.1) is 0 Å². The molecule has 0 saturated carbocycles. The third-order valence-electron chi connectivity index (χ3n) is 2.61. The third-order valence-corrected chi connectivity index (χ3v) is 2.61. The maximum atomic E-state index is 11.8. The minimum absolute atomic E-state index is 0.0461. The molecule has 1 N–H and O–H groups in total. The van der Waals surface area contributed by atoms with Crippen molar-refractivity contribution in [1.82, 2.24) is 10.2 Å². The zero-order valence-corrected chi connectivity index (χ0v) is 9.35. The van der Waals surface area contributed by atoms with E-state index in [1.54, 1.807) is 24.5 Å². The lowest BCUT2D eigenvalue weighted by Gasteiger charge is -2.31. The fourth-order valence-corrected chi connectivity index (χ4v) is 1.78. The summed E-state index contributed by atoms with van der Waals surface area (Å²) in [6.07, 6.45) is 4.86. The van der Waals surface area contributed by atoms with Gasteiger partial charge in [-0.2, -0.15) is 0 Å². The van der Waals surface area contributed by atoms with Gasteiger partial charge in [0.05, 0.1) is 6.26 Å². The normalized spacial score (nSPS) is 21.6. The number of furan rings is 1. The van der Waals surface area contributed by atoms with Crippen LogP contribution in [0, 0.1) is 0 Å². The molecule has 1 aromatic rings. The van der Waals surface area contributed by atoms with Crippen LogP contribution in [0.2, 0.25) is 0 Å². The van der Waals surface area contributed by atoms with Gasteiger partial charge in [-0.1, -0.05) is 0 Å². The summed E-state index contributed by atoms with van der Waals surface area (Å²) in [7, 11) is 0. The first-order valence-electron chi connectivity index (χ1n) is 5.49. The highest BCUT2D eigenvalue weighted by molar-refractivity contribution is 5.91. The minimum atomic E-state index is 0.0461. The van der Waals surface area contributed by atoms with Crippen LogP contribution in [0.15, 0.2) is 28.9 Å². The molecule has 1 aliphatic rings. The molecule has 1 atom stereocenters. The number of rotatable bonds is 2. The topological polar surface area (TPSA) is 45.5 Å². The van der Waals surface area contributed by atoms with Gasteiger partial charge < -0.3 is 14.6 Å². The van der Waals surface area contributed by atoms with E-state index >= 15 is 0 Å². The highest BCUT2D eigenvalue weighted by atomic mass is 16.3. The second-order valence-corrected chi connectivity index (χ2v) is 3.99. The highest BCUT2D eigenvalue weighted by Gasteiger charge is 2.18. The van der Waals surface area contributed by atoms with E-state index in [-0.39, 0.29) is 5.91 Å². The van der Waals surface area contributed by atoms with Crippen molar-refractivity contribution in [1.29, 1.82) is 0 Å². The monoisotopic (exact) mass is 220 g/mol. The Morgan fingerprint density at radius 2 is 2.56 bits per heavy atom. The predicted octanol–water partition coefficient (Wildman–Crippen LogP) is 1.11.